The van der Waals surface area contributed by atoms with Gasteiger partial charge in [-0.2, -0.15) is 0 Å². The maximum Gasteiger partial charge on any atom is 0.227 e. The van der Waals surface area contributed by atoms with Crippen LogP contribution < -0.4 is 10.2 Å². The first kappa shape index (κ1) is 14.5. The topological polar surface area (TPSA) is 41.6 Å². The van der Waals surface area contributed by atoms with Crippen molar-refractivity contribution in [3.63, 3.8) is 0 Å². The molecule has 2 unspecified atom stereocenters. The second-order valence-corrected chi connectivity index (χ2v) is 6.09. The molecule has 114 valence electrons. The lowest BCUT2D eigenvalue weighted by atomic mass is 10.1. The Kier molecular flexibility index (Phi) is 4.56. The second kappa shape index (κ2) is 6.58. The quantitative estimate of drug-likeness (QED) is 0.929. The number of carbonyl (C=O) groups excluding carboxylic acids is 1. The van der Waals surface area contributed by atoms with Crippen LogP contribution in [0.3, 0.4) is 0 Å². The minimum Gasteiger partial charge on any atom is -0.378 e. The number of amides is 1. The third kappa shape index (κ3) is 3.44. The molecular weight excluding hydrogens is 264 g/mol. The van der Waals surface area contributed by atoms with Gasteiger partial charge in [0.1, 0.15) is 0 Å². The fraction of sp³-hybridized carbons (Fsp3) is 0.588. The Morgan fingerprint density at radius 2 is 2.29 bits per heavy atom. The molecule has 2 aliphatic rings. The highest BCUT2D eigenvalue weighted by atomic mass is 16.5. The summed E-state index contributed by atoms with van der Waals surface area (Å²) in [6.45, 7) is 4.55. The Morgan fingerprint density at radius 1 is 1.43 bits per heavy atom. The highest BCUT2D eigenvalue weighted by molar-refractivity contribution is 5.94. The van der Waals surface area contributed by atoms with Gasteiger partial charge < -0.3 is 15.0 Å². The summed E-state index contributed by atoms with van der Waals surface area (Å²) < 4.78 is 5.62. The van der Waals surface area contributed by atoms with Gasteiger partial charge in [-0.1, -0.05) is 18.2 Å². The first-order valence-corrected chi connectivity index (χ1v) is 7.97. The van der Waals surface area contributed by atoms with Crippen LogP contribution in [-0.2, 0) is 16.1 Å². The van der Waals surface area contributed by atoms with Crippen molar-refractivity contribution in [1.29, 1.82) is 0 Å². The van der Waals surface area contributed by atoms with Gasteiger partial charge in [-0.3, -0.25) is 4.79 Å². The summed E-state index contributed by atoms with van der Waals surface area (Å²) in [4.78, 5) is 14.6. The fourth-order valence-corrected chi connectivity index (χ4v) is 3.17. The van der Waals surface area contributed by atoms with Crippen molar-refractivity contribution < 1.29 is 9.53 Å². The molecular formula is C17H24N2O2. The maximum atomic E-state index is 12.7. The van der Waals surface area contributed by atoms with Crippen molar-refractivity contribution in [2.45, 2.75) is 51.3 Å². The van der Waals surface area contributed by atoms with Gasteiger partial charge in [0.05, 0.1) is 6.10 Å². The molecule has 1 fully saturated rings. The number of hydrogen-bond donors (Lipinski definition) is 1. The number of fused-ring (bicyclic) bond motifs is 1. The number of benzene rings is 1. The van der Waals surface area contributed by atoms with Crippen LogP contribution in [0.5, 0.6) is 0 Å². The smallest absolute Gasteiger partial charge is 0.227 e. The fourth-order valence-electron chi connectivity index (χ4n) is 3.17. The second-order valence-electron chi connectivity index (χ2n) is 6.09. The van der Waals surface area contributed by atoms with E-state index in [1.807, 2.05) is 17.0 Å². The van der Waals surface area contributed by atoms with Gasteiger partial charge in [-0.15, -0.1) is 0 Å². The van der Waals surface area contributed by atoms with E-state index in [0.29, 0.717) is 12.5 Å². The van der Waals surface area contributed by atoms with Crippen LogP contribution in [-0.4, -0.2) is 31.2 Å². The number of carbonyl (C=O) groups is 1. The molecule has 0 aromatic heterocycles. The molecule has 1 saturated heterocycles. The lowest BCUT2D eigenvalue weighted by molar-refractivity contribution is -0.119. The molecule has 2 heterocycles. The molecule has 0 aliphatic carbocycles. The van der Waals surface area contributed by atoms with Gasteiger partial charge in [0, 0.05) is 37.8 Å². The van der Waals surface area contributed by atoms with Crippen LogP contribution in [0, 0.1) is 0 Å². The number of nitrogens with one attached hydrogen (secondary N) is 1. The molecule has 3 rings (SSSR count). The summed E-state index contributed by atoms with van der Waals surface area (Å²) in [6, 6.07) is 8.50. The van der Waals surface area contributed by atoms with Gasteiger partial charge in [-0.25, -0.2) is 0 Å². The van der Waals surface area contributed by atoms with Crippen molar-refractivity contribution in [2.75, 3.05) is 18.1 Å². The van der Waals surface area contributed by atoms with Crippen LogP contribution in [0.4, 0.5) is 5.69 Å². The van der Waals surface area contributed by atoms with Crippen LogP contribution in [0.2, 0.25) is 0 Å². The third-order valence-electron chi connectivity index (χ3n) is 4.39. The molecule has 1 aromatic carbocycles. The zero-order chi connectivity index (χ0) is 14.7. The molecule has 4 heteroatoms. The van der Waals surface area contributed by atoms with Crippen molar-refractivity contribution in [2.24, 2.45) is 0 Å². The zero-order valence-electron chi connectivity index (χ0n) is 12.7. The number of rotatable bonds is 3. The molecule has 2 atom stereocenters. The molecule has 0 saturated carbocycles. The Labute approximate surface area is 126 Å². The van der Waals surface area contributed by atoms with E-state index in [1.54, 1.807) is 0 Å². The van der Waals surface area contributed by atoms with Gasteiger partial charge >= 0.3 is 0 Å². The molecule has 2 aliphatic heterocycles. The lowest BCUT2D eigenvalue weighted by Gasteiger charge is -2.25. The largest absolute Gasteiger partial charge is 0.378 e. The monoisotopic (exact) mass is 288 g/mol. The average molecular weight is 288 g/mol. The van der Waals surface area contributed by atoms with Crippen LogP contribution in [0.15, 0.2) is 24.3 Å². The van der Waals surface area contributed by atoms with Gasteiger partial charge in [0.2, 0.25) is 5.91 Å². The maximum absolute atomic E-state index is 12.7. The van der Waals surface area contributed by atoms with Crippen molar-refractivity contribution in [3.05, 3.63) is 29.8 Å². The van der Waals surface area contributed by atoms with E-state index in [4.69, 9.17) is 4.74 Å². The molecule has 0 bridgehead atoms. The van der Waals surface area contributed by atoms with Crippen molar-refractivity contribution in [3.8, 4) is 0 Å². The van der Waals surface area contributed by atoms with Gasteiger partial charge in [-0.05, 0) is 37.8 Å². The first-order chi connectivity index (χ1) is 10.2. The summed E-state index contributed by atoms with van der Waals surface area (Å²) in [5, 5.41) is 3.46. The Balaban J connectivity index is 1.70. The molecule has 1 N–H and O–H groups in total. The van der Waals surface area contributed by atoms with Crippen molar-refractivity contribution in [1.82, 2.24) is 5.32 Å². The molecule has 4 nitrogen and oxygen atoms in total. The van der Waals surface area contributed by atoms with E-state index >= 15 is 0 Å². The first-order valence-electron chi connectivity index (χ1n) is 7.97. The lowest BCUT2D eigenvalue weighted by Crippen LogP contribution is -2.39. The minimum absolute atomic E-state index is 0.216. The Bertz CT molecular complexity index is 497. The minimum atomic E-state index is 0.216. The van der Waals surface area contributed by atoms with E-state index in [-0.39, 0.29) is 12.0 Å². The highest BCUT2D eigenvalue weighted by Crippen LogP contribution is 2.25. The number of ether oxygens (including phenoxy) is 1. The highest BCUT2D eigenvalue weighted by Gasteiger charge is 2.25. The molecule has 1 aromatic rings. The standard InChI is InChI=1S/C17H24N2O2/c1-13-12-19(16-7-3-2-5-14(16)11-18-13)17(20)9-8-15-6-4-10-21-15/h2-3,5,7,13,15,18H,4,6,8-12H2,1H3. The molecule has 0 spiro atoms. The Hall–Kier alpha value is -1.39. The summed E-state index contributed by atoms with van der Waals surface area (Å²) in [6.07, 6.45) is 3.94. The summed E-state index contributed by atoms with van der Waals surface area (Å²) in [5.74, 6) is 0.216. The van der Waals surface area contributed by atoms with Gasteiger partial charge in [0.25, 0.3) is 0 Å². The summed E-state index contributed by atoms with van der Waals surface area (Å²) in [7, 11) is 0. The van der Waals surface area contributed by atoms with Crippen LogP contribution >= 0.6 is 0 Å². The number of nitrogens with zero attached hydrogens (tertiary/aromatic N) is 1. The van der Waals surface area contributed by atoms with E-state index in [0.717, 1.165) is 44.6 Å². The van der Waals surface area contributed by atoms with Gasteiger partial charge in [0.15, 0.2) is 0 Å². The van der Waals surface area contributed by atoms with Crippen molar-refractivity contribution >= 4 is 11.6 Å². The summed E-state index contributed by atoms with van der Waals surface area (Å²) >= 11 is 0. The number of anilines is 1. The van der Waals surface area contributed by atoms with Crippen LogP contribution in [0.1, 0.15) is 38.2 Å². The number of para-hydroxylation sites is 1. The van der Waals surface area contributed by atoms with E-state index < -0.39 is 0 Å². The molecule has 1 amide bonds. The SMILES string of the molecule is CC1CN(C(=O)CCC2CCCO2)c2ccccc2CN1. The van der Waals surface area contributed by atoms with E-state index in [1.165, 1.54) is 5.56 Å². The van der Waals surface area contributed by atoms with Crippen LogP contribution in [0.25, 0.3) is 0 Å². The average Bonchev–Trinajstić information content (AvgIpc) is 2.96. The third-order valence-corrected chi connectivity index (χ3v) is 4.39. The normalized spacial score (nSPS) is 25.5. The number of hydrogen-bond acceptors (Lipinski definition) is 3. The molecule has 21 heavy (non-hydrogen) atoms. The predicted molar refractivity (Wildman–Crippen MR) is 83.3 cm³/mol. The summed E-state index contributed by atoms with van der Waals surface area (Å²) in [5.41, 5.74) is 2.26. The van der Waals surface area contributed by atoms with E-state index in [2.05, 4.69) is 24.4 Å². The van der Waals surface area contributed by atoms with E-state index in [9.17, 15) is 4.79 Å². The predicted octanol–water partition coefficient (Wildman–Crippen LogP) is 2.47. The zero-order valence-corrected chi connectivity index (χ0v) is 12.7. The molecule has 0 radical (unpaired) electrons. The Morgan fingerprint density at radius 3 is 3.10 bits per heavy atom.